The van der Waals surface area contributed by atoms with Gasteiger partial charge in [-0.2, -0.15) is 0 Å². The molecule has 0 spiro atoms. The minimum Gasteiger partial charge on any atom is -0.379 e. The Labute approximate surface area is 122 Å². The highest BCUT2D eigenvalue weighted by atomic mass is 16.5. The average Bonchev–Trinajstić information content (AvgIpc) is 2.97. The van der Waals surface area contributed by atoms with Gasteiger partial charge in [0, 0.05) is 25.8 Å². The highest BCUT2D eigenvalue weighted by molar-refractivity contribution is 5.78. The third-order valence-corrected chi connectivity index (χ3v) is 4.01. The van der Waals surface area contributed by atoms with Crippen LogP contribution in [0.4, 0.5) is 0 Å². The molecule has 2 aliphatic rings. The zero-order valence-corrected chi connectivity index (χ0v) is 12.5. The van der Waals surface area contributed by atoms with Gasteiger partial charge in [0.2, 0.25) is 0 Å². The maximum atomic E-state index is 5.90. The number of guanidine groups is 1. The first-order valence-corrected chi connectivity index (χ1v) is 8.10. The molecule has 0 bridgehead atoms. The Bertz CT molecular complexity index is 285. The van der Waals surface area contributed by atoms with Gasteiger partial charge in [-0.15, -0.1) is 0 Å². The van der Waals surface area contributed by atoms with Gasteiger partial charge in [0.05, 0.1) is 12.7 Å². The van der Waals surface area contributed by atoms with E-state index in [0.29, 0.717) is 18.1 Å². The summed E-state index contributed by atoms with van der Waals surface area (Å²) >= 11 is 0. The summed E-state index contributed by atoms with van der Waals surface area (Å²) in [4.78, 5) is 4.36. The van der Waals surface area contributed by atoms with Crippen molar-refractivity contribution in [3.63, 3.8) is 0 Å². The van der Waals surface area contributed by atoms with E-state index >= 15 is 0 Å². The summed E-state index contributed by atoms with van der Waals surface area (Å²) in [5.74, 6) is 0.594. The Kier molecular flexibility index (Phi) is 7.15. The Morgan fingerprint density at radius 3 is 2.80 bits per heavy atom. The van der Waals surface area contributed by atoms with Crippen LogP contribution in [0.1, 0.15) is 51.4 Å². The molecule has 0 radical (unpaired) electrons. The van der Waals surface area contributed by atoms with Crippen LogP contribution in [0.2, 0.25) is 0 Å². The second-order valence-electron chi connectivity index (χ2n) is 5.81. The molecule has 0 aromatic heterocycles. The molecule has 2 rings (SSSR count). The molecule has 0 aromatic rings. The third kappa shape index (κ3) is 6.09. The molecular formula is C15H29N3O2. The quantitative estimate of drug-likeness (QED) is 0.425. The number of hydrogen-bond donors (Lipinski definition) is 2. The van der Waals surface area contributed by atoms with Crippen LogP contribution in [0.25, 0.3) is 0 Å². The summed E-state index contributed by atoms with van der Waals surface area (Å²) in [6.07, 6.45) is 9.96. The maximum Gasteiger partial charge on any atom is 0.188 e. The molecule has 116 valence electrons. The maximum absolute atomic E-state index is 5.90. The van der Waals surface area contributed by atoms with Crippen LogP contribution in [0, 0.1) is 0 Å². The molecule has 0 aromatic carbocycles. The van der Waals surface area contributed by atoms with Gasteiger partial charge in [-0.25, -0.2) is 0 Å². The minimum absolute atomic E-state index is 0.316. The van der Waals surface area contributed by atoms with Gasteiger partial charge in [0.15, 0.2) is 5.96 Å². The zero-order chi connectivity index (χ0) is 14.0. The van der Waals surface area contributed by atoms with Crippen molar-refractivity contribution in [3.05, 3.63) is 0 Å². The molecule has 1 atom stereocenters. The predicted octanol–water partition coefficient (Wildman–Crippen LogP) is 1.81. The molecule has 2 fully saturated rings. The van der Waals surface area contributed by atoms with Crippen LogP contribution >= 0.6 is 0 Å². The van der Waals surface area contributed by atoms with E-state index in [1.54, 1.807) is 0 Å². The molecule has 0 amide bonds. The first-order valence-electron chi connectivity index (χ1n) is 8.10. The van der Waals surface area contributed by atoms with E-state index in [1.807, 2.05) is 0 Å². The van der Waals surface area contributed by atoms with Crippen molar-refractivity contribution >= 4 is 5.96 Å². The van der Waals surface area contributed by atoms with Crippen molar-refractivity contribution in [3.8, 4) is 0 Å². The number of nitrogens with two attached hydrogens (primary N) is 1. The minimum atomic E-state index is 0.316. The van der Waals surface area contributed by atoms with E-state index in [4.69, 9.17) is 15.2 Å². The fraction of sp³-hybridized carbons (Fsp3) is 0.933. The second kappa shape index (κ2) is 9.19. The van der Waals surface area contributed by atoms with Gasteiger partial charge in [-0.1, -0.05) is 19.3 Å². The SMILES string of the molecule is NC(=NCCCOCC1CCCO1)NC1CCCCC1. The highest BCUT2D eigenvalue weighted by Crippen LogP contribution is 2.17. The number of nitrogens with zero attached hydrogens (tertiary/aromatic N) is 1. The fourth-order valence-electron chi connectivity index (χ4n) is 2.86. The van der Waals surface area contributed by atoms with Crippen molar-refractivity contribution in [1.29, 1.82) is 0 Å². The molecule has 1 unspecified atom stereocenters. The molecule has 20 heavy (non-hydrogen) atoms. The Morgan fingerprint density at radius 1 is 1.20 bits per heavy atom. The highest BCUT2D eigenvalue weighted by Gasteiger charge is 2.15. The summed E-state index contributed by atoms with van der Waals surface area (Å²) in [6.45, 7) is 3.08. The van der Waals surface area contributed by atoms with E-state index in [9.17, 15) is 0 Å². The van der Waals surface area contributed by atoms with Crippen molar-refractivity contribution in [2.45, 2.75) is 63.5 Å². The molecule has 1 saturated carbocycles. The largest absolute Gasteiger partial charge is 0.379 e. The lowest BCUT2D eigenvalue weighted by Crippen LogP contribution is -2.41. The Balaban J connectivity index is 1.47. The monoisotopic (exact) mass is 283 g/mol. The smallest absolute Gasteiger partial charge is 0.188 e. The normalized spacial score (nSPS) is 25.0. The summed E-state index contributed by atoms with van der Waals surface area (Å²) in [5.41, 5.74) is 5.90. The van der Waals surface area contributed by atoms with Crippen molar-refractivity contribution in [2.75, 3.05) is 26.4 Å². The van der Waals surface area contributed by atoms with Crippen LogP contribution in [-0.2, 0) is 9.47 Å². The van der Waals surface area contributed by atoms with Gasteiger partial charge in [0.25, 0.3) is 0 Å². The molecule has 1 aliphatic carbocycles. The molecule has 3 N–H and O–H groups in total. The third-order valence-electron chi connectivity index (χ3n) is 4.01. The van der Waals surface area contributed by atoms with Gasteiger partial charge in [0.1, 0.15) is 0 Å². The summed E-state index contributed by atoms with van der Waals surface area (Å²) < 4.78 is 11.1. The lowest BCUT2D eigenvalue weighted by Gasteiger charge is -2.23. The van der Waals surface area contributed by atoms with E-state index < -0.39 is 0 Å². The zero-order valence-electron chi connectivity index (χ0n) is 12.5. The average molecular weight is 283 g/mol. The van der Waals surface area contributed by atoms with Crippen LogP contribution in [0.3, 0.4) is 0 Å². The van der Waals surface area contributed by atoms with E-state index in [2.05, 4.69) is 10.3 Å². The van der Waals surface area contributed by atoms with Gasteiger partial charge in [-0.3, -0.25) is 4.99 Å². The van der Waals surface area contributed by atoms with Crippen molar-refractivity contribution in [1.82, 2.24) is 5.32 Å². The number of ether oxygens (including phenoxy) is 2. The number of hydrogen-bond acceptors (Lipinski definition) is 3. The van der Waals surface area contributed by atoms with E-state index in [0.717, 1.165) is 39.2 Å². The summed E-state index contributed by atoms with van der Waals surface area (Å²) in [7, 11) is 0. The number of nitrogens with one attached hydrogen (secondary N) is 1. The molecular weight excluding hydrogens is 254 g/mol. The van der Waals surface area contributed by atoms with Crippen LogP contribution in [0.15, 0.2) is 4.99 Å². The van der Waals surface area contributed by atoms with Crippen molar-refractivity contribution in [2.24, 2.45) is 10.7 Å². The van der Waals surface area contributed by atoms with Crippen LogP contribution in [-0.4, -0.2) is 44.5 Å². The summed E-state index contributed by atoms with van der Waals surface area (Å²) in [5, 5.41) is 3.32. The fourth-order valence-corrected chi connectivity index (χ4v) is 2.86. The van der Waals surface area contributed by atoms with Crippen LogP contribution in [0.5, 0.6) is 0 Å². The lowest BCUT2D eigenvalue weighted by atomic mass is 9.96. The topological polar surface area (TPSA) is 68.9 Å². The van der Waals surface area contributed by atoms with Crippen molar-refractivity contribution < 1.29 is 9.47 Å². The molecule has 1 heterocycles. The molecule has 1 saturated heterocycles. The second-order valence-corrected chi connectivity index (χ2v) is 5.81. The van der Waals surface area contributed by atoms with Crippen LogP contribution < -0.4 is 11.1 Å². The standard InChI is InChI=1S/C15H29N3O2/c16-15(18-13-6-2-1-3-7-13)17-9-5-10-19-12-14-8-4-11-20-14/h13-14H,1-12H2,(H3,16,17,18). The number of aliphatic imine (C=N–C) groups is 1. The predicted molar refractivity (Wildman–Crippen MR) is 80.9 cm³/mol. The first-order chi connectivity index (χ1) is 9.84. The van der Waals surface area contributed by atoms with E-state index in [1.165, 1.54) is 38.5 Å². The van der Waals surface area contributed by atoms with Gasteiger partial charge >= 0.3 is 0 Å². The Morgan fingerprint density at radius 2 is 2.05 bits per heavy atom. The molecule has 5 heteroatoms. The van der Waals surface area contributed by atoms with Gasteiger partial charge < -0.3 is 20.5 Å². The van der Waals surface area contributed by atoms with E-state index in [-0.39, 0.29) is 0 Å². The Hall–Kier alpha value is -0.810. The number of rotatable bonds is 7. The lowest BCUT2D eigenvalue weighted by molar-refractivity contribution is 0.0171. The summed E-state index contributed by atoms with van der Waals surface area (Å²) in [6, 6.07) is 0.531. The van der Waals surface area contributed by atoms with Gasteiger partial charge in [-0.05, 0) is 32.1 Å². The molecule has 5 nitrogen and oxygen atoms in total. The molecule has 1 aliphatic heterocycles. The first kappa shape index (κ1) is 15.6.